The highest BCUT2D eigenvalue weighted by molar-refractivity contribution is 5.36. The van der Waals surface area contributed by atoms with Crippen molar-refractivity contribution in [3.05, 3.63) is 107 Å². The smallest absolute Gasteiger partial charge is 0.255 e. The Morgan fingerprint density at radius 2 is 1.82 bits per heavy atom. The monoisotopic (exact) mass is 368 g/mol. The molecule has 0 spiro atoms. The van der Waals surface area contributed by atoms with E-state index in [0.29, 0.717) is 23.7 Å². The molecule has 0 radical (unpaired) electrons. The number of ether oxygens (including phenoxy) is 1. The van der Waals surface area contributed by atoms with E-state index in [-0.39, 0.29) is 5.56 Å². The van der Waals surface area contributed by atoms with Crippen molar-refractivity contribution in [2.24, 2.45) is 0 Å². The largest absolute Gasteiger partial charge is 0.439 e. The Hall–Kier alpha value is -4.11. The highest BCUT2D eigenvalue weighted by Gasteiger charge is 2.07. The van der Waals surface area contributed by atoms with Crippen LogP contribution < -0.4 is 10.3 Å². The summed E-state index contributed by atoms with van der Waals surface area (Å²) in [5.74, 6) is 1.16. The minimum absolute atomic E-state index is 0.0987. The lowest BCUT2D eigenvalue weighted by Gasteiger charge is -2.11. The molecule has 0 N–H and O–H groups in total. The highest BCUT2D eigenvalue weighted by Crippen LogP contribution is 2.22. The fraction of sp³-hybridized carbons (Fsp3) is 0.0455. The first-order valence-electron chi connectivity index (χ1n) is 8.68. The SMILES string of the molecule is N#Cc1ccc(Oc2cncn2Cc2ccn(-c3ccccc3)c(=O)c2)cc1. The standard InChI is InChI=1S/C22H16N4O2/c23-13-17-6-8-20(9-7-17)28-22-14-24-16-25(22)15-18-10-11-26(21(27)12-18)19-4-2-1-3-5-19/h1-12,14,16H,15H2. The van der Waals surface area contributed by atoms with Gasteiger partial charge in [-0.15, -0.1) is 0 Å². The molecule has 0 saturated heterocycles. The van der Waals surface area contributed by atoms with Crippen molar-refractivity contribution in [2.75, 3.05) is 0 Å². The molecule has 6 heteroatoms. The number of nitriles is 1. The zero-order valence-electron chi connectivity index (χ0n) is 14.9. The number of hydrogen-bond donors (Lipinski definition) is 0. The topological polar surface area (TPSA) is 72.8 Å². The Morgan fingerprint density at radius 3 is 2.54 bits per heavy atom. The molecule has 2 aromatic heterocycles. The van der Waals surface area contributed by atoms with Gasteiger partial charge in [-0.1, -0.05) is 18.2 Å². The summed E-state index contributed by atoms with van der Waals surface area (Å²) in [7, 11) is 0. The molecule has 4 rings (SSSR count). The molecule has 2 aromatic carbocycles. The van der Waals surface area contributed by atoms with Crippen LogP contribution in [0.1, 0.15) is 11.1 Å². The van der Waals surface area contributed by atoms with Gasteiger partial charge >= 0.3 is 0 Å². The quantitative estimate of drug-likeness (QED) is 0.538. The van der Waals surface area contributed by atoms with E-state index >= 15 is 0 Å². The number of hydrogen-bond acceptors (Lipinski definition) is 4. The van der Waals surface area contributed by atoms with Crippen LogP contribution in [0.3, 0.4) is 0 Å². The molecule has 4 aromatic rings. The zero-order chi connectivity index (χ0) is 19.3. The summed E-state index contributed by atoms with van der Waals surface area (Å²) in [5.41, 5.74) is 2.14. The van der Waals surface area contributed by atoms with Crippen LogP contribution >= 0.6 is 0 Å². The van der Waals surface area contributed by atoms with Gasteiger partial charge in [-0.05, 0) is 48.0 Å². The average Bonchev–Trinajstić information content (AvgIpc) is 3.16. The summed E-state index contributed by atoms with van der Waals surface area (Å²) in [6, 6.07) is 21.9. The van der Waals surface area contributed by atoms with Gasteiger partial charge in [0.05, 0.1) is 30.7 Å². The molecule has 0 atom stereocenters. The Bertz CT molecular complexity index is 1190. The van der Waals surface area contributed by atoms with Crippen LogP contribution in [-0.2, 0) is 6.54 Å². The molecule has 136 valence electrons. The van der Waals surface area contributed by atoms with Gasteiger partial charge in [-0.3, -0.25) is 13.9 Å². The molecule has 0 aliphatic heterocycles. The predicted molar refractivity (Wildman–Crippen MR) is 105 cm³/mol. The number of aromatic nitrogens is 3. The van der Waals surface area contributed by atoms with Crippen molar-refractivity contribution in [1.82, 2.24) is 14.1 Å². The van der Waals surface area contributed by atoms with Crippen molar-refractivity contribution in [1.29, 1.82) is 5.26 Å². The summed E-state index contributed by atoms with van der Waals surface area (Å²) >= 11 is 0. The van der Waals surface area contributed by atoms with Gasteiger partial charge in [0.15, 0.2) is 0 Å². The second-order valence-corrected chi connectivity index (χ2v) is 6.18. The Labute approximate surface area is 161 Å². The molecule has 0 saturated carbocycles. The van der Waals surface area contributed by atoms with E-state index < -0.39 is 0 Å². The molecule has 0 aliphatic rings. The van der Waals surface area contributed by atoms with Gasteiger partial charge in [-0.2, -0.15) is 5.26 Å². The summed E-state index contributed by atoms with van der Waals surface area (Å²) in [6.45, 7) is 0.455. The molecular formula is C22H16N4O2. The van der Waals surface area contributed by atoms with Crippen molar-refractivity contribution in [3.8, 4) is 23.4 Å². The minimum Gasteiger partial charge on any atom is -0.439 e. The first-order valence-corrected chi connectivity index (χ1v) is 8.68. The average molecular weight is 368 g/mol. The Kier molecular flexibility index (Phi) is 4.72. The lowest BCUT2D eigenvalue weighted by atomic mass is 10.2. The number of rotatable bonds is 5. The molecular weight excluding hydrogens is 352 g/mol. The third-order valence-corrected chi connectivity index (χ3v) is 4.25. The van der Waals surface area contributed by atoms with Crippen molar-refractivity contribution >= 4 is 0 Å². The molecule has 0 bridgehead atoms. The maximum absolute atomic E-state index is 12.5. The summed E-state index contributed by atoms with van der Waals surface area (Å²) in [6.07, 6.45) is 5.04. The fourth-order valence-corrected chi connectivity index (χ4v) is 2.85. The van der Waals surface area contributed by atoms with Crippen LogP contribution in [0, 0.1) is 11.3 Å². The van der Waals surface area contributed by atoms with Gasteiger partial charge in [0.25, 0.3) is 5.56 Å². The van der Waals surface area contributed by atoms with Gasteiger partial charge in [-0.25, -0.2) is 4.98 Å². The third-order valence-electron chi connectivity index (χ3n) is 4.25. The number of benzene rings is 2. The number of pyridine rings is 1. The van der Waals surface area contributed by atoms with Crippen LogP contribution in [0.15, 0.2) is 90.2 Å². The normalized spacial score (nSPS) is 10.4. The van der Waals surface area contributed by atoms with E-state index in [1.54, 1.807) is 53.6 Å². The molecule has 6 nitrogen and oxygen atoms in total. The van der Waals surface area contributed by atoms with Crippen molar-refractivity contribution in [2.45, 2.75) is 6.54 Å². The van der Waals surface area contributed by atoms with E-state index in [9.17, 15) is 4.79 Å². The van der Waals surface area contributed by atoms with Crippen LogP contribution in [0.5, 0.6) is 11.6 Å². The maximum Gasteiger partial charge on any atom is 0.255 e. The third kappa shape index (κ3) is 3.69. The second kappa shape index (κ2) is 7.64. The van der Waals surface area contributed by atoms with E-state index in [4.69, 9.17) is 10.00 Å². The lowest BCUT2D eigenvalue weighted by molar-refractivity contribution is 0.436. The van der Waals surface area contributed by atoms with Gasteiger partial charge < -0.3 is 4.74 Å². The molecule has 0 aliphatic carbocycles. The molecule has 2 heterocycles. The van der Waals surface area contributed by atoms with E-state index in [1.807, 2.05) is 41.0 Å². The van der Waals surface area contributed by atoms with Crippen LogP contribution in [-0.4, -0.2) is 14.1 Å². The highest BCUT2D eigenvalue weighted by atomic mass is 16.5. The second-order valence-electron chi connectivity index (χ2n) is 6.18. The number of para-hydroxylation sites is 1. The number of nitrogens with zero attached hydrogens (tertiary/aromatic N) is 4. The zero-order valence-corrected chi connectivity index (χ0v) is 14.9. The van der Waals surface area contributed by atoms with Gasteiger partial charge in [0, 0.05) is 18.0 Å². The fourth-order valence-electron chi connectivity index (χ4n) is 2.85. The number of imidazole rings is 1. The molecule has 0 unspecified atom stereocenters. The van der Waals surface area contributed by atoms with Crippen molar-refractivity contribution in [3.63, 3.8) is 0 Å². The summed E-state index contributed by atoms with van der Waals surface area (Å²) in [5, 5.41) is 8.88. The Morgan fingerprint density at radius 1 is 1.04 bits per heavy atom. The molecule has 0 amide bonds. The van der Waals surface area contributed by atoms with Crippen LogP contribution in [0.25, 0.3) is 5.69 Å². The van der Waals surface area contributed by atoms with Gasteiger partial charge in [0.2, 0.25) is 5.88 Å². The summed E-state index contributed by atoms with van der Waals surface area (Å²) in [4.78, 5) is 16.6. The summed E-state index contributed by atoms with van der Waals surface area (Å²) < 4.78 is 9.27. The van der Waals surface area contributed by atoms with E-state index in [1.165, 1.54) is 0 Å². The van der Waals surface area contributed by atoms with E-state index in [0.717, 1.165) is 11.3 Å². The molecule has 28 heavy (non-hydrogen) atoms. The minimum atomic E-state index is -0.0987. The molecule has 0 fully saturated rings. The maximum atomic E-state index is 12.5. The van der Waals surface area contributed by atoms with E-state index in [2.05, 4.69) is 11.1 Å². The lowest BCUT2D eigenvalue weighted by Crippen LogP contribution is -2.17. The Balaban J connectivity index is 1.54. The predicted octanol–water partition coefficient (Wildman–Crippen LogP) is 3.75. The van der Waals surface area contributed by atoms with Crippen LogP contribution in [0.2, 0.25) is 0 Å². The van der Waals surface area contributed by atoms with Crippen LogP contribution in [0.4, 0.5) is 0 Å². The van der Waals surface area contributed by atoms with Gasteiger partial charge in [0.1, 0.15) is 5.75 Å². The first-order chi connectivity index (χ1) is 13.7. The van der Waals surface area contributed by atoms with Crippen molar-refractivity contribution < 1.29 is 4.74 Å². The first kappa shape index (κ1) is 17.3.